The predicted molar refractivity (Wildman–Crippen MR) is 109 cm³/mol. The van der Waals surface area contributed by atoms with Crippen LogP contribution in [0.4, 0.5) is 5.13 Å². The summed E-state index contributed by atoms with van der Waals surface area (Å²) in [5.41, 5.74) is 2.65. The average Bonchev–Trinajstić information content (AvgIpc) is 3.06. The monoisotopic (exact) mass is 408 g/mol. The molecule has 3 rings (SSSR count). The van der Waals surface area contributed by atoms with E-state index in [-0.39, 0.29) is 5.91 Å². The highest BCUT2D eigenvalue weighted by Gasteiger charge is 2.11. The molecule has 1 amide bonds. The smallest absolute Gasteiger partial charge is 0.236 e. The van der Waals surface area contributed by atoms with Crippen LogP contribution in [0.5, 0.6) is 0 Å². The van der Waals surface area contributed by atoms with E-state index in [1.807, 2.05) is 35.7 Å². The summed E-state index contributed by atoms with van der Waals surface area (Å²) in [6, 6.07) is 15.3. The first-order valence-electron chi connectivity index (χ1n) is 7.44. The minimum atomic E-state index is -0.0703. The Morgan fingerprint density at radius 1 is 1.16 bits per heavy atom. The fourth-order valence-corrected chi connectivity index (χ4v) is 4.04. The summed E-state index contributed by atoms with van der Waals surface area (Å²) < 4.78 is 0. The summed E-state index contributed by atoms with van der Waals surface area (Å²) in [7, 11) is 0. The normalized spacial score (nSPS) is 10.6. The number of benzene rings is 2. The Morgan fingerprint density at radius 2 is 1.96 bits per heavy atom. The number of rotatable bonds is 6. The van der Waals surface area contributed by atoms with Gasteiger partial charge in [0.2, 0.25) is 5.91 Å². The van der Waals surface area contributed by atoms with Gasteiger partial charge >= 0.3 is 0 Å². The maximum Gasteiger partial charge on any atom is 0.236 e. The molecule has 0 saturated carbocycles. The lowest BCUT2D eigenvalue weighted by atomic mass is 10.2. The highest BCUT2D eigenvalue weighted by Crippen LogP contribution is 2.32. The summed E-state index contributed by atoms with van der Waals surface area (Å²) in [5, 5.41) is 6.40. The summed E-state index contributed by atoms with van der Waals surface area (Å²) in [6.07, 6.45) is 0. The van der Waals surface area contributed by atoms with Gasteiger partial charge in [0.25, 0.3) is 0 Å². The maximum atomic E-state index is 12.1. The van der Waals surface area contributed by atoms with E-state index in [9.17, 15) is 4.79 Å². The first kappa shape index (κ1) is 18.3. The van der Waals surface area contributed by atoms with E-state index in [2.05, 4.69) is 10.3 Å². The number of hydrogen-bond acceptors (Lipinski definition) is 4. The van der Waals surface area contributed by atoms with E-state index in [1.54, 1.807) is 30.0 Å². The van der Waals surface area contributed by atoms with E-state index < -0.39 is 0 Å². The number of nitrogens with one attached hydrogen (secondary N) is 1. The van der Waals surface area contributed by atoms with Crippen LogP contribution < -0.4 is 5.32 Å². The van der Waals surface area contributed by atoms with Crippen molar-refractivity contribution in [1.29, 1.82) is 0 Å². The molecule has 0 aliphatic heterocycles. The number of thiazole rings is 1. The number of halogens is 2. The number of carbonyl (C=O) groups is 1. The van der Waals surface area contributed by atoms with Gasteiger partial charge in [-0.05, 0) is 23.8 Å². The zero-order valence-electron chi connectivity index (χ0n) is 13.0. The van der Waals surface area contributed by atoms with Crippen molar-refractivity contribution >= 4 is 57.3 Å². The van der Waals surface area contributed by atoms with Crippen LogP contribution in [0.1, 0.15) is 5.56 Å². The molecule has 25 heavy (non-hydrogen) atoms. The third-order valence-corrected chi connectivity index (χ3v) is 5.63. The second-order valence-electron chi connectivity index (χ2n) is 5.19. The summed E-state index contributed by atoms with van der Waals surface area (Å²) in [4.78, 5) is 16.5. The number of anilines is 1. The quantitative estimate of drug-likeness (QED) is 0.544. The molecule has 7 heteroatoms. The van der Waals surface area contributed by atoms with Gasteiger partial charge in [0.1, 0.15) is 0 Å². The molecule has 0 aliphatic rings. The minimum Gasteiger partial charge on any atom is -0.301 e. The molecule has 0 aliphatic carbocycles. The fourth-order valence-electron chi connectivity index (χ4n) is 2.14. The number of amides is 1. The van der Waals surface area contributed by atoms with Crippen molar-refractivity contribution < 1.29 is 4.79 Å². The van der Waals surface area contributed by atoms with Crippen molar-refractivity contribution in [2.45, 2.75) is 5.75 Å². The van der Waals surface area contributed by atoms with Crippen LogP contribution in [-0.2, 0) is 10.5 Å². The third-order valence-electron chi connectivity index (χ3n) is 3.30. The molecular formula is C18H14Cl2N2OS2. The lowest BCUT2D eigenvalue weighted by Crippen LogP contribution is -2.13. The molecule has 3 aromatic rings. The number of carbonyl (C=O) groups excluding carboxylic acids is 1. The first-order valence-corrected chi connectivity index (χ1v) is 10.2. The second kappa shape index (κ2) is 8.72. The zero-order chi connectivity index (χ0) is 17.6. The van der Waals surface area contributed by atoms with Gasteiger partial charge in [-0.3, -0.25) is 4.79 Å². The van der Waals surface area contributed by atoms with Crippen molar-refractivity contribution in [3.8, 4) is 11.3 Å². The number of aromatic nitrogens is 1. The van der Waals surface area contributed by atoms with Crippen molar-refractivity contribution in [1.82, 2.24) is 4.98 Å². The fraction of sp³-hybridized carbons (Fsp3) is 0.111. The van der Waals surface area contributed by atoms with Gasteiger partial charge < -0.3 is 5.32 Å². The molecule has 3 nitrogen and oxygen atoms in total. The third kappa shape index (κ3) is 5.22. The van der Waals surface area contributed by atoms with Gasteiger partial charge in [0.15, 0.2) is 5.13 Å². The van der Waals surface area contributed by atoms with Gasteiger partial charge in [0.05, 0.1) is 16.5 Å². The Morgan fingerprint density at radius 3 is 2.76 bits per heavy atom. The largest absolute Gasteiger partial charge is 0.301 e. The van der Waals surface area contributed by atoms with Crippen molar-refractivity contribution in [3.63, 3.8) is 0 Å². The van der Waals surface area contributed by atoms with E-state index in [0.29, 0.717) is 26.6 Å². The Kier molecular flexibility index (Phi) is 6.37. The van der Waals surface area contributed by atoms with Crippen molar-refractivity contribution in [3.05, 3.63) is 69.5 Å². The number of nitrogens with zero attached hydrogens (tertiary/aromatic N) is 1. The van der Waals surface area contributed by atoms with Crippen LogP contribution >= 0.6 is 46.3 Å². The van der Waals surface area contributed by atoms with Crippen LogP contribution in [0.25, 0.3) is 11.3 Å². The highest BCUT2D eigenvalue weighted by molar-refractivity contribution is 7.99. The topological polar surface area (TPSA) is 42.0 Å². The van der Waals surface area contributed by atoms with E-state index in [4.69, 9.17) is 23.2 Å². The lowest BCUT2D eigenvalue weighted by Gasteiger charge is -2.03. The van der Waals surface area contributed by atoms with E-state index >= 15 is 0 Å². The molecule has 0 unspecified atom stereocenters. The van der Waals surface area contributed by atoms with Gasteiger partial charge in [-0.2, -0.15) is 0 Å². The number of hydrogen-bond donors (Lipinski definition) is 1. The Balaban J connectivity index is 1.56. The van der Waals surface area contributed by atoms with Gasteiger partial charge in [-0.25, -0.2) is 4.98 Å². The summed E-state index contributed by atoms with van der Waals surface area (Å²) >= 11 is 15.1. The molecule has 0 spiro atoms. The molecule has 1 aromatic heterocycles. The predicted octanol–water partition coefficient (Wildman–Crippen LogP) is 5.99. The van der Waals surface area contributed by atoms with Gasteiger partial charge in [0, 0.05) is 21.7 Å². The van der Waals surface area contributed by atoms with E-state index in [0.717, 1.165) is 11.3 Å². The molecule has 0 radical (unpaired) electrons. The molecule has 0 bridgehead atoms. The van der Waals surface area contributed by atoms with Crippen molar-refractivity contribution in [2.24, 2.45) is 0 Å². The SMILES string of the molecule is O=C(CSCc1ccccc1)Nc1nc(-c2cc(Cl)ccc2Cl)cs1. The first-order chi connectivity index (χ1) is 12.1. The molecule has 0 saturated heterocycles. The zero-order valence-corrected chi connectivity index (χ0v) is 16.2. The van der Waals surface area contributed by atoms with Crippen molar-refractivity contribution in [2.75, 3.05) is 11.1 Å². The molecule has 1 N–H and O–H groups in total. The van der Waals surface area contributed by atoms with Gasteiger partial charge in [-0.15, -0.1) is 23.1 Å². The Hall–Kier alpha value is -1.53. The van der Waals surface area contributed by atoms with Crippen LogP contribution in [0.3, 0.4) is 0 Å². The maximum absolute atomic E-state index is 12.1. The van der Waals surface area contributed by atoms with Crippen LogP contribution in [0, 0.1) is 0 Å². The Labute approximate surface area is 164 Å². The average molecular weight is 409 g/mol. The van der Waals surface area contributed by atoms with Crippen LogP contribution in [0.15, 0.2) is 53.9 Å². The molecule has 0 atom stereocenters. The van der Waals surface area contributed by atoms with Crippen LogP contribution in [0.2, 0.25) is 10.0 Å². The van der Waals surface area contributed by atoms with Crippen LogP contribution in [-0.4, -0.2) is 16.6 Å². The summed E-state index contributed by atoms with van der Waals surface area (Å²) in [5.74, 6) is 1.11. The van der Waals surface area contributed by atoms with Gasteiger partial charge in [-0.1, -0.05) is 53.5 Å². The Bertz CT molecular complexity index is 869. The molecular weight excluding hydrogens is 395 g/mol. The highest BCUT2D eigenvalue weighted by atomic mass is 35.5. The second-order valence-corrected chi connectivity index (χ2v) is 7.88. The molecule has 2 aromatic carbocycles. The number of thioether (sulfide) groups is 1. The molecule has 0 fully saturated rings. The van der Waals surface area contributed by atoms with E-state index in [1.165, 1.54) is 16.9 Å². The molecule has 128 valence electrons. The standard InChI is InChI=1S/C18H14Cl2N2OS2/c19-13-6-7-15(20)14(8-13)16-10-25-18(21-16)22-17(23)11-24-9-12-4-2-1-3-5-12/h1-8,10H,9,11H2,(H,21,22,23). The molecule has 1 heterocycles. The minimum absolute atomic E-state index is 0.0703. The summed E-state index contributed by atoms with van der Waals surface area (Å²) in [6.45, 7) is 0. The lowest BCUT2D eigenvalue weighted by molar-refractivity contribution is -0.113.